The van der Waals surface area contributed by atoms with Crippen LogP contribution in [0.5, 0.6) is 11.5 Å². The van der Waals surface area contributed by atoms with Crippen molar-refractivity contribution >= 4 is 5.97 Å². The van der Waals surface area contributed by atoms with Crippen molar-refractivity contribution in [3.05, 3.63) is 23.8 Å². The Bertz CT molecular complexity index is 531. The van der Waals surface area contributed by atoms with Gasteiger partial charge < -0.3 is 15.3 Å². The topological polar surface area (TPSA) is 81.0 Å². The van der Waals surface area contributed by atoms with Gasteiger partial charge in [-0.3, -0.25) is 9.69 Å². The van der Waals surface area contributed by atoms with Crippen molar-refractivity contribution in [3.8, 4) is 11.5 Å². The Balaban J connectivity index is 1.81. The number of carboxylic acid groups (broad SMARTS) is 1. The molecule has 2 fully saturated rings. The van der Waals surface area contributed by atoms with Crippen molar-refractivity contribution in [1.82, 2.24) is 4.90 Å². The van der Waals surface area contributed by atoms with Crippen LogP contribution in [0, 0.1) is 11.8 Å². The third-order valence-electron chi connectivity index (χ3n) is 4.68. The maximum Gasteiger partial charge on any atom is 0.321 e. The van der Waals surface area contributed by atoms with Crippen LogP contribution in [-0.2, 0) is 11.3 Å². The third-order valence-corrected chi connectivity index (χ3v) is 4.68. The Morgan fingerprint density at radius 3 is 2.80 bits per heavy atom. The number of rotatable bonds is 3. The zero-order valence-electron chi connectivity index (χ0n) is 11.2. The minimum absolute atomic E-state index is 0.0133. The van der Waals surface area contributed by atoms with Gasteiger partial charge in [0, 0.05) is 24.7 Å². The molecule has 3 unspecified atom stereocenters. The summed E-state index contributed by atoms with van der Waals surface area (Å²) in [5, 5.41) is 28.6. The van der Waals surface area contributed by atoms with Crippen molar-refractivity contribution < 1.29 is 20.1 Å². The number of hydrogen-bond acceptors (Lipinski definition) is 4. The van der Waals surface area contributed by atoms with Gasteiger partial charge in [0.25, 0.3) is 0 Å². The van der Waals surface area contributed by atoms with Gasteiger partial charge in [0.05, 0.1) is 0 Å². The Morgan fingerprint density at radius 2 is 2.10 bits per heavy atom. The summed E-state index contributed by atoms with van der Waals surface area (Å²) in [4.78, 5) is 13.5. The van der Waals surface area contributed by atoms with E-state index < -0.39 is 12.0 Å². The third kappa shape index (κ3) is 2.22. The largest absolute Gasteiger partial charge is 0.508 e. The highest BCUT2D eigenvalue weighted by molar-refractivity contribution is 5.74. The normalized spacial score (nSPS) is 29.5. The van der Waals surface area contributed by atoms with Crippen LogP contribution in [0.4, 0.5) is 0 Å². The van der Waals surface area contributed by atoms with Crippen LogP contribution in [0.1, 0.15) is 24.8 Å². The van der Waals surface area contributed by atoms with E-state index in [1.165, 1.54) is 12.1 Å². The molecule has 1 heterocycles. The Hall–Kier alpha value is -1.75. The van der Waals surface area contributed by atoms with Crippen molar-refractivity contribution in [2.45, 2.75) is 31.8 Å². The fourth-order valence-corrected chi connectivity index (χ4v) is 3.80. The van der Waals surface area contributed by atoms with Gasteiger partial charge in [-0.1, -0.05) is 12.5 Å². The molecule has 3 N–H and O–H groups in total. The molecule has 0 bridgehead atoms. The van der Waals surface area contributed by atoms with Crippen molar-refractivity contribution in [2.75, 3.05) is 6.54 Å². The molecule has 2 aliphatic rings. The highest BCUT2D eigenvalue weighted by atomic mass is 16.4. The molecule has 0 amide bonds. The fourth-order valence-electron chi connectivity index (χ4n) is 3.80. The second-order valence-electron chi connectivity index (χ2n) is 5.88. The lowest BCUT2D eigenvalue weighted by Gasteiger charge is -2.24. The Labute approximate surface area is 117 Å². The van der Waals surface area contributed by atoms with Crippen LogP contribution < -0.4 is 0 Å². The quantitative estimate of drug-likeness (QED) is 0.784. The second kappa shape index (κ2) is 4.98. The molecule has 5 nitrogen and oxygen atoms in total. The first kappa shape index (κ1) is 13.2. The van der Waals surface area contributed by atoms with Gasteiger partial charge in [0.15, 0.2) is 0 Å². The molecule has 1 aromatic rings. The molecule has 1 saturated carbocycles. The van der Waals surface area contributed by atoms with Crippen LogP contribution in [0.15, 0.2) is 18.2 Å². The van der Waals surface area contributed by atoms with E-state index in [2.05, 4.69) is 0 Å². The average Bonchev–Trinajstić information content (AvgIpc) is 2.91. The van der Waals surface area contributed by atoms with Crippen molar-refractivity contribution in [3.63, 3.8) is 0 Å². The van der Waals surface area contributed by atoms with E-state index in [-0.39, 0.29) is 17.4 Å². The zero-order chi connectivity index (χ0) is 14.3. The number of nitrogens with zero attached hydrogens (tertiary/aromatic N) is 1. The van der Waals surface area contributed by atoms with Crippen LogP contribution >= 0.6 is 0 Å². The summed E-state index contributed by atoms with van der Waals surface area (Å²) >= 11 is 0. The van der Waals surface area contributed by atoms with Gasteiger partial charge in [-0.25, -0.2) is 0 Å². The van der Waals surface area contributed by atoms with E-state index in [1.54, 1.807) is 6.07 Å². The second-order valence-corrected chi connectivity index (χ2v) is 5.88. The van der Waals surface area contributed by atoms with Gasteiger partial charge in [0.2, 0.25) is 0 Å². The van der Waals surface area contributed by atoms with Gasteiger partial charge in [-0.15, -0.1) is 0 Å². The molecule has 0 spiro atoms. The number of carbonyl (C=O) groups is 1. The number of aliphatic carboxylic acids is 1. The van der Waals surface area contributed by atoms with Gasteiger partial charge in [-0.2, -0.15) is 0 Å². The summed E-state index contributed by atoms with van der Waals surface area (Å²) in [5.41, 5.74) is 0.661. The number of aromatic hydroxyl groups is 2. The summed E-state index contributed by atoms with van der Waals surface area (Å²) in [6.45, 7) is 1.19. The highest BCUT2D eigenvalue weighted by Crippen LogP contribution is 2.43. The fraction of sp³-hybridized carbons (Fsp3) is 0.533. The molecule has 3 rings (SSSR count). The Morgan fingerprint density at radius 1 is 1.30 bits per heavy atom. The predicted molar refractivity (Wildman–Crippen MR) is 72.4 cm³/mol. The molecule has 1 aliphatic carbocycles. The number of phenols is 2. The molecule has 3 atom stereocenters. The maximum atomic E-state index is 11.5. The van der Waals surface area contributed by atoms with Crippen molar-refractivity contribution in [1.29, 1.82) is 0 Å². The molecule has 1 aliphatic heterocycles. The average molecular weight is 277 g/mol. The van der Waals surface area contributed by atoms with Crippen LogP contribution in [0.3, 0.4) is 0 Å². The van der Waals surface area contributed by atoms with E-state index >= 15 is 0 Å². The standard InChI is InChI=1S/C15H19NO4/c17-11-5-4-10(13(18)6-11)8-16-7-9-2-1-3-12(9)14(16)15(19)20/h4-6,9,12,14,17-18H,1-3,7-8H2,(H,19,20). The monoisotopic (exact) mass is 277 g/mol. The van der Waals surface area contributed by atoms with Crippen LogP contribution in [0.25, 0.3) is 0 Å². The summed E-state index contributed by atoms with van der Waals surface area (Å²) in [7, 11) is 0. The smallest absolute Gasteiger partial charge is 0.321 e. The summed E-state index contributed by atoms with van der Waals surface area (Å²) in [6.07, 6.45) is 3.21. The minimum atomic E-state index is -0.766. The van der Waals surface area contributed by atoms with E-state index in [4.69, 9.17) is 0 Å². The molecule has 0 radical (unpaired) electrons. The van der Waals surface area contributed by atoms with Crippen LogP contribution in [0.2, 0.25) is 0 Å². The molecule has 20 heavy (non-hydrogen) atoms. The van der Waals surface area contributed by atoms with Gasteiger partial charge in [0.1, 0.15) is 17.5 Å². The first-order valence-corrected chi connectivity index (χ1v) is 7.04. The highest BCUT2D eigenvalue weighted by Gasteiger charge is 2.47. The first-order chi connectivity index (χ1) is 9.56. The summed E-state index contributed by atoms with van der Waals surface area (Å²) < 4.78 is 0. The molecular formula is C15H19NO4. The molecule has 108 valence electrons. The van der Waals surface area contributed by atoms with E-state index in [1.807, 2.05) is 4.90 Å². The van der Waals surface area contributed by atoms with Gasteiger partial charge >= 0.3 is 5.97 Å². The van der Waals surface area contributed by atoms with Crippen molar-refractivity contribution in [2.24, 2.45) is 11.8 Å². The van der Waals surface area contributed by atoms with Gasteiger partial charge in [-0.05, 0) is 30.7 Å². The molecule has 0 aromatic heterocycles. The van der Waals surface area contributed by atoms with E-state index in [0.717, 1.165) is 25.8 Å². The summed E-state index contributed by atoms with van der Waals surface area (Å²) in [6, 6.07) is 4.01. The summed E-state index contributed by atoms with van der Waals surface area (Å²) in [5.74, 6) is -0.0229. The van der Waals surface area contributed by atoms with Crippen LogP contribution in [-0.4, -0.2) is 38.8 Å². The minimum Gasteiger partial charge on any atom is -0.508 e. The SMILES string of the molecule is O=C(O)C1C2CCCC2CN1Cc1ccc(O)cc1O. The number of hydrogen-bond donors (Lipinski definition) is 3. The first-order valence-electron chi connectivity index (χ1n) is 7.04. The molecule has 1 aromatic carbocycles. The lowest BCUT2D eigenvalue weighted by molar-refractivity contribution is -0.143. The maximum absolute atomic E-state index is 11.5. The van der Waals surface area contributed by atoms with E-state index in [9.17, 15) is 20.1 Å². The molecular weight excluding hydrogens is 258 g/mol. The number of carboxylic acids is 1. The zero-order valence-corrected chi connectivity index (χ0v) is 11.2. The Kier molecular flexibility index (Phi) is 3.30. The number of fused-ring (bicyclic) bond motifs is 1. The molecule has 5 heteroatoms. The number of phenolic OH excluding ortho intramolecular Hbond substituents is 2. The molecule has 1 saturated heterocycles. The number of likely N-dealkylation sites (tertiary alicyclic amines) is 1. The lowest BCUT2D eigenvalue weighted by Crippen LogP contribution is -2.39. The predicted octanol–water partition coefficient (Wildman–Crippen LogP) is 1.78. The number of benzene rings is 1. The lowest BCUT2D eigenvalue weighted by atomic mass is 9.94. The van der Waals surface area contributed by atoms with E-state index in [0.29, 0.717) is 18.0 Å².